The van der Waals surface area contributed by atoms with Crippen LogP contribution >= 0.6 is 23.5 Å². The monoisotopic (exact) mass is 230 g/mol. The smallest absolute Gasteiger partial charge is 0.208 e. The molecule has 1 saturated heterocycles. The van der Waals surface area contributed by atoms with Crippen molar-refractivity contribution in [1.29, 1.82) is 0 Å². The van der Waals surface area contributed by atoms with Crippen LogP contribution in [0.1, 0.15) is 24.9 Å². The number of hydrogen-bond acceptors (Lipinski definition) is 4. The Labute approximate surface area is 92.1 Å². The third-order valence-corrected chi connectivity index (χ3v) is 5.84. The van der Waals surface area contributed by atoms with Crippen LogP contribution in [0.4, 0.5) is 0 Å². The summed E-state index contributed by atoms with van der Waals surface area (Å²) in [5.41, 5.74) is 0. The Morgan fingerprint density at radius 2 is 2.29 bits per heavy atom. The molecule has 0 amide bonds. The second-order valence-corrected chi connectivity index (χ2v) is 6.52. The second kappa shape index (κ2) is 4.06. The van der Waals surface area contributed by atoms with Crippen molar-refractivity contribution in [3.05, 3.63) is 12.0 Å². The predicted octanol–water partition coefficient (Wildman–Crippen LogP) is 2.41. The molecule has 0 saturated carbocycles. The number of rotatable bonds is 1. The maximum Gasteiger partial charge on any atom is 0.208 e. The first kappa shape index (κ1) is 10.2. The van der Waals surface area contributed by atoms with E-state index in [2.05, 4.69) is 23.8 Å². The van der Waals surface area contributed by atoms with Gasteiger partial charge in [-0.15, -0.1) is 11.8 Å². The quantitative estimate of drug-likeness (QED) is 0.778. The molecule has 0 radical (unpaired) electrons. The number of aromatic amines is 1. The van der Waals surface area contributed by atoms with Crippen molar-refractivity contribution < 1.29 is 5.11 Å². The highest BCUT2D eigenvalue weighted by Crippen LogP contribution is 2.43. The molecule has 2 rings (SSSR count). The molecule has 3 nitrogen and oxygen atoms in total. The summed E-state index contributed by atoms with van der Waals surface area (Å²) in [6, 6.07) is 0. The number of hydrogen-bond donors (Lipinski definition) is 2. The summed E-state index contributed by atoms with van der Waals surface area (Å²) in [5.74, 6) is 2.14. The van der Waals surface area contributed by atoms with E-state index in [0.29, 0.717) is 15.7 Å². The molecule has 3 unspecified atom stereocenters. The molecule has 1 aromatic rings. The number of imidazole rings is 1. The van der Waals surface area contributed by atoms with Gasteiger partial charge in [0.2, 0.25) is 5.88 Å². The fourth-order valence-corrected chi connectivity index (χ4v) is 4.29. The van der Waals surface area contributed by atoms with Crippen LogP contribution in [-0.4, -0.2) is 31.3 Å². The van der Waals surface area contributed by atoms with Gasteiger partial charge in [-0.25, -0.2) is 4.98 Å². The van der Waals surface area contributed by atoms with Gasteiger partial charge in [0.25, 0.3) is 0 Å². The molecule has 0 aromatic carbocycles. The molecule has 1 aliphatic rings. The number of nitrogens with zero attached hydrogens (tertiary/aromatic N) is 1. The SMILES string of the molecule is CC1SCC(c2ncc(O)[nH]2)SC1C. The van der Waals surface area contributed by atoms with Crippen molar-refractivity contribution in [3.8, 4) is 5.88 Å². The van der Waals surface area contributed by atoms with Gasteiger partial charge in [0.05, 0.1) is 11.4 Å². The average Bonchev–Trinajstić information content (AvgIpc) is 2.57. The van der Waals surface area contributed by atoms with Gasteiger partial charge < -0.3 is 10.1 Å². The zero-order chi connectivity index (χ0) is 10.1. The molecule has 5 heteroatoms. The summed E-state index contributed by atoms with van der Waals surface area (Å²) >= 11 is 3.91. The molecule has 1 aromatic heterocycles. The van der Waals surface area contributed by atoms with Gasteiger partial charge in [-0.05, 0) is 0 Å². The highest BCUT2D eigenvalue weighted by Gasteiger charge is 2.28. The molecule has 0 bridgehead atoms. The molecule has 2 N–H and O–H groups in total. The van der Waals surface area contributed by atoms with Crippen molar-refractivity contribution in [2.45, 2.75) is 29.6 Å². The Balaban J connectivity index is 2.06. The van der Waals surface area contributed by atoms with E-state index in [1.54, 1.807) is 0 Å². The molecule has 3 atom stereocenters. The summed E-state index contributed by atoms with van der Waals surface area (Å²) in [7, 11) is 0. The number of aromatic hydroxyl groups is 1. The number of nitrogens with one attached hydrogen (secondary N) is 1. The summed E-state index contributed by atoms with van der Waals surface area (Å²) in [4.78, 5) is 7.05. The van der Waals surface area contributed by atoms with Crippen LogP contribution in [0.2, 0.25) is 0 Å². The third-order valence-electron chi connectivity index (χ3n) is 2.44. The zero-order valence-electron chi connectivity index (χ0n) is 8.23. The van der Waals surface area contributed by atoms with Gasteiger partial charge in [-0.2, -0.15) is 11.8 Å². The van der Waals surface area contributed by atoms with E-state index in [-0.39, 0.29) is 5.88 Å². The van der Waals surface area contributed by atoms with Gasteiger partial charge >= 0.3 is 0 Å². The summed E-state index contributed by atoms with van der Waals surface area (Å²) in [6.07, 6.45) is 1.48. The maximum atomic E-state index is 9.17. The summed E-state index contributed by atoms with van der Waals surface area (Å²) < 4.78 is 0. The second-order valence-electron chi connectivity index (χ2n) is 3.52. The highest BCUT2D eigenvalue weighted by atomic mass is 32.2. The number of aromatic nitrogens is 2. The van der Waals surface area contributed by atoms with E-state index >= 15 is 0 Å². The van der Waals surface area contributed by atoms with Crippen molar-refractivity contribution >= 4 is 23.5 Å². The largest absolute Gasteiger partial charge is 0.493 e. The van der Waals surface area contributed by atoms with Crippen molar-refractivity contribution in [2.24, 2.45) is 0 Å². The normalized spacial score (nSPS) is 33.1. The average molecular weight is 230 g/mol. The topological polar surface area (TPSA) is 48.9 Å². The Morgan fingerprint density at radius 3 is 2.86 bits per heavy atom. The van der Waals surface area contributed by atoms with Crippen LogP contribution in [0, 0.1) is 0 Å². The number of H-pyrrole nitrogens is 1. The van der Waals surface area contributed by atoms with Crippen molar-refractivity contribution in [1.82, 2.24) is 9.97 Å². The first-order chi connectivity index (χ1) is 6.66. The van der Waals surface area contributed by atoms with E-state index < -0.39 is 0 Å². The van der Waals surface area contributed by atoms with Crippen LogP contribution in [0.25, 0.3) is 0 Å². The number of thioether (sulfide) groups is 2. The Kier molecular flexibility index (Phi) is 2.97. The van der Waals surface area contributed by atoms with Crippen molar-refractivity contribution in [2.75, 3.05) is 5.75 Å². The van der Waals surface area contributed by atoms with Crippen LogP contribution in [0.5, 0.6) is 5.88 Å². The van der Waals surface area contributed by atoms with E-state index in [9.17, 15) is 0 Å². The lowest BCUT2D eigenvalue weighted by Crippen LogP contribution is -2.22. The minimum atomic E-state index is 0.164. The van der Waals surface area contributed by atoms with E-state index in [1.807, 2.05) is 23.5 Å². The van der Waals surface area contributed by atoms with E-state index in [1.165, 1.54) is 6.20 Å². The fraction of sp³-hybridized carbons (Fsp3) is 0.667. The molecule has 1 fully saturated rings. The van der Waals surface area contributed by atoms with Crippen molar-refractivity contribution in [3.63, 3.8) is 0 Å². The van der Waals surface area contributed by atoms with Crippen LogP contribution in [0.15, 0.2) is 6.20 Å². The standard InChI is InChI=1S/C9H14N2OS2/c1-5-6(2)14-7(4-13-5)9-10-3-8(12)11-9/h3,5-7,12H,4H2,1-2H3,(H,10,11). The molecule has 0 aliphatic carbocycles. The molecule has 1 aliphatic heterocycles. The Bertz CT molecular complexity index is 316. The summed E-state index contributed by atoms with van der Waals surface area (Å²) in [6.45, 7) is 4.51. The van der Waals surface area contributed by atoms with Gasteiger partial charge in [-0.3, -0.25) is 0 Å². The van der Waals surface area contributed by atoms with Gasteiger partial charge in [0.1, 0.15) is 5.82 Å². The summed E-state index contributed by atoms with van der Waals surface area (Å²) in [5, 5.41) is 10.9. The lowest BCUT2D eigenvalue weighted by atomic mass is 10.3. The van der Waals surface area contributed by atoms with Crippen LogP contribution in [-0.2, 0) is 0 Å². The minimum absolute atomic E-state index is 0.164. The molecule has 78 valence electrons. The Morgan fingerprint density at radius 1 is 1.50 bits per heavy atom. The van der Waals surface area contributed by atoms with Gasteiger partial charge in [-0.1, -0.05) is 13.8 Å². The zero-order valence-corrected chi connectivity index (χ0v) is 9.86. The van der Waals surface area contributed by atoms with Crippen LogP contribution in [0.3, 0.4) is 0 Å². The van der Waals surface area contributed by atoms with E-state index in [0.717, 1.165) is 11.6 Å². The maximum absolute atomic E-state index is 9.17. The van der Waals surface area contributed by atoms with Gasteiger partial charge in [0.15, 0.2) is 0 Å². The molecule has 0 spiro atoms. The van der Waals surface area contributed by atoms with E-state index in [4.69, 9.17) is 5.11 Å². The first-order valence-corrected chi connectivity index (χ1v) is 6.67. The molecule has 14 heavy (non-hydrogen) atoms. The molecular weight excluding hydrogens is 216 g/mol. The molecular formula is C9H14N2OS2. The lowest BCUT2D eigenvalue weighted by molar-refractivity contribution is 0.455. The fourth-order valence-electron chi connectivity index (χ4n) is 1.42. The predicted molar refractivity (Wildman–Crippen MR) is 62.0 cm³/mol. The lowest BCUT2D eigenvalue weighted by Gasteiger charge is -2.29. The van der Waals surface area contributed by atoms with Gasteiger partial charge in [0, 0.05) is 16.3 Å². The Hall–Kier alpha value is -0.290. The minimum Gasteiger partial charge on any atom is -0.493 e. The van der Waals surface area contributed by atoms with Crippen LogP contribution < -0.4 is 0 Å². The highest BCUT2D eigenvalue weighted by molar-refractivity contribution is 8.07. The molecule has 2 heterocycles. The third kappa shape index (κ3) is 2.03. The first-order valence-electron chi connectivity index (χ1n) is 4.67.